The minimum Gasteiger partial charge on any atom is -0.497 e. The van der Waals surface area contributed by atoms with Crippen molar-refractivity contribution in [2.75, 3.05) is 51.3 Å². The average Bonchev–Trinajstić information content (AvgIpc) is 3.37. The highest BCUT2D eigenvalue weighted by Gasteiger charge is 2.37. The Balaban J connectivity index is 1.20. The Labute approximate surface area is 233 Å². The number of benzene rings is 2. The van der Waals surface area contributed by atoms with Gasteiger partial charge in [0.05, 0.1) is 7.11 Å². The van der Waals surface area contributed by atoms with Gasteiger partial charge in [0.2, 0.25) is 15.9 Å². The van der Waals surface area contributed by atoms with Crippen LogP contribution in [0.5, 0.6) is 5.75 Å². The van der Waals surface area contributed by atoms with Crippen molar-refractivity contribution < 1.29 is 26.9 Å². The number of methoxy groups -OCH3 is 1. The zero-order valence-electron chi connectivity index (χ0n) is 22.6. The first-order chi connectivity index (χ1) is 19.3. The third-order valence-corrected chi connectivity index (χ3v) is 9.62. The van der Waals surface area contributed by atoms with Crippen molar-refractivity contribution in [2.45, 2.75) is 24.7 Å². The van der Waals surface area contributed by atoms with E-state index in [1.807, 2.05) is 29.2 Å². The van der Waals surface area contributed by atoms with E-state index in [2.05, 4.69) is 10.1 Å². The summed E-state index contributed by atoms with van der Waals surface area (Å²) in [4.78, 5) is 17.4. The molecule has 0 aliphatic carbocycles. The first-order valence-corrected chi connectivity index (χ1v) is 14.8. The van der Waals surface area contributed by atoms with Crippen molar-refractivity contribution in [1.29, 1.82) is 0 Å². The Morgan fingerprint density at radius 1 is 1.02 bits per heavy atom. The van der Waals surface area contributed by atoms with E-state index in [0.717, 1.165) is 24.5 Å². The monoisotopic (exact) mass is 568 g/mol. The van der Waals surface area contributed by atoms with Gasteiger partial charge >= 0.3 is 0 Å². The highest BCUT2D eigenvalue weighted by atomic mass is 32.2. The summed E-state index contributed by atoms with van der Waals surface area (Å²) in [5.41, 5.74) is 1.61. The molecule has 40 heavy (non-hydrogen) atoms. The van der Waals surface area contributed by atoms with E-state index in [0.29, 0.717) is 31.5 Å². The Morgan fingerprint density at radius 2 is 1.75 bits per heavy atom. The van der Waals surface area contributed by atoms with Gasteiger partial charge < -0.3 is 19.1 Å². The van der Waals surface area contributed by atoms with Crippen LogP contribution in [0.15, 0.2) is 57.9 Å². The number of halogens is 1. The number of ether oxygens (including phenoxy) is 1. The van der Waals surface area contributed by atoms with E-state index in [-0.39, 0.29) is 41.3 Å². The number of rotatable bonds is 7. The van der Waals surface area contributed by atoms with E-state index >= 15 is 0 Å². The topological polar surface area (TPSA) is 96.2 Å². The molecule has 5 rings (SSSR count). The summed E-state index contributed by atoms with van der Waals surface area (Å²) in [6, 6.07) is 14.1. The van der Waals surface area contributed by atoms with Gasteiger partial charge in [0.25, 0.3) is 0 Å². The molecule has 3 heterocycles. The van der Waals surface area contributed by atoms with Crippen molar-refractivity contribution in [2.24, 2.45) is 5.92 Å². The van der Waals surface area contributed by atoms with E-state index < -0.39 is 15.8 Å². The highest BCUT2D eigenvalue weighted by molar-refractivity contribution is 7.89. The maximum Gasteiger partial charge on any atom is 0.248 e. The third-order valence-electron chi connectivity index (χ3n) is 7.56. The Morgan fingerprint density at radius 3 is 2.45 bits per heavy atom. The number of hydrogen-bond donors (Lipinski definition) is 0. The number of carbonyl (C=O) groups excluding carboxylic acids is 1. The molecule has 0 N–H and O–H groups in total. The summed E-state index contributed by atoms with van der Waals surface area (Å²) >= 11 is 0. The summed E-state index contributed by atoms with van der Waals surface area (Å²) in [6.07, 6.45) is 3.78. The molecule has 0 radical (unpaired) electrons. The number of amides is 1. The van der Waals surface area contributed by atoms with Gasteiger partial charge in [-0.3, -0.25) is 4.79 Å². The third kappa shape index (κ3) is 5.75. The maximum absolute atomic E-state index is 14.0. The molecule has 0 bridgehead atoms. The normalized spacial score (nSPS) is 17.5. The standard InChI is InChI=1S/C29H33FN4O5S/c1-21-28(27(39-31-21)11-10-22-6-3-4-9-26(22)30)40(36,37)34-14-12-23(13-15-34)29(35)33-18-16-32(17-19-33)24-7-5-8-25(20-24)38-2/h3-11,20,23H,12-19H2,1-2H3. The van der Waals surface area contributed by atoms with Gasteiger partial charge in [-0.1, -0.05) is 29.4 Å². The number of carbonyl (C=O) groups is 1. The number of nitrogens with zero attached hydrogens (tertiary/aromatic N) is 4. The van der Waals surface area contributed by atoms with Crippen molar-refractivity contribution in [3.63, 3.8) is 0 Å². The van der Waals surface area contributed by atoms with Crippen LogP contribution in [0.25, 0.3) is 12.2 Å². The highest BCUT2D eigenvalue weighted by Crippen LogP contribution is 2.30. The van der Waals surface area contributed by atoms with Crippen LogP contribution in [0.3, 0.4) is 0 Å². The van der Waals surface area contributed by atoms with E-state index in [1.54, 1.807) is 32.2 Å². The number of sulfonamides is 1. The van der Waals surface area contributed by atoms with E-state index in [9.17, 15) is 17.6 Å². The van der Waals surface area contributed by atoms with Crippen LogP contribution in [0.1, 0.15) is 29.9 Å². The maximum atomic E-state index is 14.0. The molecule has 1 aromatic heterocycles. The first-order valence-electron chi connectivity index (χ1n) is 13.3. The van der Waals surface area contributed by atoms with Crippen molar-refractivity contribution in [3.8, 4) is 5.75 Å². The van der Waals surface area contributed by atoms with Crippen molar-refractivity contribution in [1.82, 2.24) is 14.4 Å². The molecule has 0 unspecified atom stereocenters. The van der Waals surface area contributed by atoms with Gasteiger partial charge in [0, 0.05) is 62.5 Å². The fourth-order valence-electron chi connectivity index (χ4n) is 5.30. The average molecular weight is 569 g/mol. The predicted molar refractivity (Wildman–Crippen MR) is 150 cm³/mol. The lowest BCUT2D eigenvalue weighted by molar-refractivity contribution is -0.137. The molecule has 1 amide bonds. The second kappa shape index (κ2) is 11.8. The first kappa shape index (κ1) is 27.9. The molecule has 2 saturated heterocycles. The van der Waals surface area contributed by atoms with E-state index in [1.165, 1.54) is 22.5 Å². The van der Waals surface area contributed by atoms with Crippen LogP contribution in [0, 0.1) is 18.7 Å². The molecule has 0 atom stereocenters. The summed E-state index contributed by atoms with van der Waals surface area (Å²) < 4.78 is 53.2. The van der Waals surface area contributed by atoms with Gasteiger partial charge in [-0.2, -0.15) is 4.31 Å². The molecule has 2 aromatic carbocycles. The Hall–Kier alpha value is -3.70. The lowest BCUT2D eigenvalue weighted by atomic mass is 9.96. The van der Waals surface area contributed by atoms with Crippen LogP contribution in [0.4, 0.5) is 10.1 Å². The van der Waals surface area contributed by atoms with Crippen LogP contribution >= 0.6 is 0 Å². The second-order valence-corrected chi connectivity index (χ2v) is 11.9. The lowest BCUT2D eigenvalue weighted by Crippen LogP contribution is -2.52. The molecule has 212 valence electrons. The minimum atomic E-state index is -3.92. The van der Waals surface area contributed by atoms with Crippen LogP contribution < -0.4 is 9.64 Å². The number of hydrogen-bond acceptors (Lipinski definition) is 7. The number of piperazine rings is 1. The Kier molecular flexibility index (Phi) is 8.22. The van der Waals surface area contributed by atoms with Crippen molar-refractivity contribution >= 4 is 33.8 Å². The fraction of sp³-hybridized carbons (Fsp3) is 0.379. The van der Waals surface area contributed by atoms with Crippen LogP contribution in [0.2, 0.25) is 0 Å². The zero-order chi connectivity index (χ0) is 28.3. The van der Waals surface area contributed by atoms with Crippen LogP contribution in [-0.4, -0.2) is 75.1 Å². The summed E-state index contributed by atoms with van der Waals surface area (Å²) in [6.45, 7) is 4.70. The number of piperidine rings is 1. The van der Waals surface area contributed by atoms with Crippen molar-refractivity contribution in [3.05, 3.63) is 71.4 Å². The summed E-state index contributed by atoms with van der Waals surface area (Å²) in [5.74, 6) is 0.281. The summed E-state index contributed by atoms with van der Waals surface area (Å²) in [7, 11) is -2.28. The van der Waals surface area contributed by atoms with Gasteiger partial charge in [-0.05, 0) is 50.1 Å². The molecule has 0 saturated carbocycles. The van der Waals surface area contributed by atoms with Gasteiger partial charge in [0.15, 0.2) is 10.7 Å². The van der Waals surface area contributed by atoms with Gasteiger partial charge in [-0.15, -0.1) is 0 Å². The molecule has 2 aliphatic heterocycles. The number of aromatic nitrogens is 1. The number of anilines is 1. The quantitative estimate of drug-likeness (QED) is 0.424. The lowest BCUT2D eigenvalue weighted by Gasteiger charge is -2.39. The summed E-state index contributed by atoms with van der Waals surface area (Å²) in [5, 5.41) is 3.86. The minimum absolute atomic E-state index is 0.0291. The fourth-order valence-corrected chi connectivity index (χ4v) is 7.02. The molecule has 0 spiro atoms. The molecule has 2 aliphatic rings. The number of aryl methyl sites for hydroxylation is 1. The second-order valence-electron chi connectivity index (χ2n) is 10.0. The predicted octanol–water partition coefficient (Wildman–Crippen LogP) is 4.05. The molecular weight excluding hydrogens is 535 g/mol. The molecular formula is C29H33FN4O5S. The molecule has 2 fully saturated rings. The zero-order valence-corrected chi connectivity index (χ0v) is 23.4. The van der Waals surface area contributed by atoms with Gasteiger partial charge in [-0.25, -0.2) is 12.8 Å². The largest absolute Gasteiger partial charge is 0.497 e. The molecule has 9 nitrogen and oxygen atoms in total. The Bertz CT molecular complexity index is 1490. The molecule has 11 heteroatoms. The smallest absolute Gasteiger partial charge is 0.248 e. The van der Waals surface area contributed by atoms with Crippen LogP contribution in [-0.2, 0) is 14.8 Å². The van der Waals surface area contributed by atoms with Gasteiger partial charge in [0.1, 0.15) is 17.3 Å². The SMILES string of the molecule is COc1cccc(N2CCN(C(=O)C3CCN(S(=O)(=O)c4c(C)noc4C=Cc4ccccc4F)CC3)CC2)c1. The molecule has 3 aromatic rings. The van der Waals surface area contributed by atoms with E-state index in [4.69, 9.17) is 9.26 Å².